The van der Waals surface area contributed by atoms with Gasteiger partial charge in [-0.2, -0.15) is 0 Å². The van der Waals surface area contributed by atoms with Crippen LogP contribution < -0.4 is 0 Å². The van der Waals surface area contributed by atoms with E-state index >= 15 is 0 Å². The number of rotatable bonds is 1. The maximum absolute atomic E-state index is 4.71. The Balaban J connectivity index is 2.10. The summed E-state index contributed by atoms with van der Waals surface area (Å²) < 4.78 is 0. The molecule has 0 amide bonds. The first-order chi connectivity index (χ1) is 10.1. The van der Waals surface area contributed by atoms with Gasteiger partial charge in [0.2, 0.25) is 0 Å². The molecule has 2 aromatic heterocycles. The van der Waals surface area contributed by atoms with E-state index in [1.54, 1.807) is 0 Å². The highest BCUT2D eigenvalue weighted by molar-refractivity contribution is 6.06. The summed E-state index contributed by atoms with van der Waals surface area (Å²) in [7, 11) is 0. The molecule has 1 aliphatic carbocycles. The molecule has 2 nitrogen and oxygen atoms in total. The maximum atomic E-state index is 4.71. The van der Waals surface area contributed by atoms with E-state index in [0.717, 1.165) is 29.3 Å². The van der Waals surface area contributed by atoms with Gasteiger partial charge in [0.05, 0.1) is 11.0 Å². The van der Waals surface area contributed by atoms with Crippen molar-refractivity contribution < 1.29 is 0 Å². The van der Waals surface area contributed by atoms with E-state index in [9.17, 15) is 0 Å². The number of aromatic nitrogens is 2. The van der Waals surface area contributed by atoms with Crippen LogP contribution in [0.1, 0.15) is 35.4 Å². The van der Waals surface area contributed by atoms with Gasteiger partial charge >= 0.3 is 0 Å². The zero-order chi connectivity index (χ0) is 14.6. The van der Waals surface area contributed by atoms with Gasteiger partial charge in [-0.15, -0.1) is 0 Å². The molecule has 1 saturated carbocycles. The number of hydrogen-bond donors (Lipinski definition) is 0. The van der Waals surface area contributed by atoms with Crippen molar-refractivity contribution in [3.8, 4) is 0 Å². The van der Waals surface area contributed by atoms with E-state index in [1.165, 1.54) is 27.6 Å². The molecule has 0 aliphatic heterocycles. The second kappa shape index (κ2) is 4.39. The third-order valence-corrected chi connectivity index (χ3v) is 4.63. The minimum Gasteiger partial charge on any atom is -0.256 e. The fourth-order valence-electron chi connectivity index (χ4n) is 3.58. The van der Waals surface area contributed by atoms with Gasteiger partial charge in [0, 0.05) is 23.2 Å². The molecule has 3 aromatic rings. The molecule has 4 rings (SSSR count). The Kier molecular flexibility index (Phi) is 2.61. The van der Waals surface area contributed by atoms with Gasteiger partial charge < -0.3 is 0 Å². The number of pyridine rings is 2. The van der Waals surface area contributed by atoms with Gasteiger partial charge in [-0.1, -0.05) is 12.2 Å². The lowest BCUT2D eigenvalue weighted by Crippen LogP contribution is -2.14. The molecule has 0 saturated heterocycles. The number of benzene rings is 1. The summed E-state index contributed by atoms with van der Waals surface area (Å²) in [5.41, 5.74) is 7.49. The summed E-state index contributed by atoms with van der Waals surface area (Å²) in [6.07, 6.45) is 6.10. The smallest absolute Gasteiger partial charge is 0.0799 e. The Labute approximate surface area is 124 Å². The minimum absolute atomic E-state index is 0.608. The summed E-state index contributed by atoms with van der Waals surface area (Å²) in [5, 5.41) is 2.46. The molecule has 1 aliphatic rings. The van der Waals surface area contributed by atoms with Crippen LogP contribution in [-0.2, 0) is 0 Å². The zero-order valence-electron chi connectivity index (χ0n) is 12.5. The zero-order valence-corrected chi connectivity index (χ0v) is 12.5. The Morgan fingerprint density at radius 3 is 2.62 bits per heavy atom. The van der Waals surface area contributed by atoms with E-state index in [0.29, 0.717) is 5.92 Å². The molecule has 1 fully saturated rings. The van der Waals surface area contributed by atoms with Crippen LogP contribution in [0.25, 0.3) is 21.8 Å². The Morgan fingerprint density at radius 1 is 1.05 bits per heavy atom. The van der Waals surface area contributed by atoms with Gasteiger partial charge in [-0.05, 0) is 67.5 Å². The van der Waals surface area contributed by atoms with E-state index in [1.807, 2.05) is 18.5 Å². The quantitative estimate of drug-likeness (QED) is 0.469. The predicted molar refractivity (Wildman–Crippen MR) is 87.6 cm³/mol. The first-order valence-electron chi connectivity index (χ1n) is 7.45. The van der Waals surface area contributed by atoms with E-state index < -0.39 is 0 Å². The molecule has 2 heteroatoms. The highest BCUT2D eigenvalue weighted by atomic mass is 14.7. The summed E-state index contributed by atoms with van der Waals surface area (Å²) in [6.45, 7) is 8.40. The maximum Gasteiger partial charge on any atom is 0.0799 e. The molecule has 104 valence electrons. The lowest BCUT2D eigenvalue weighted by molar-refractivity contribution is 0.553. The molecular formula is C19H18N2. The molecule has 21 heavy (non-hydrogen) atoms. The average molecular weight is 274 g/mol. The summed E-state index contributed by atoms with van der Waals surface area (Å²) >= 11 is 0. The van der Waals surface area contributed by atoms with Crippen LogP contribution in [0.3, 0.4) is 0 Å². The number of hydrogen-bond acceptors (Lipinski definition) is 2. The van der Waals surface area contributed by atoms with Crippen LogP contribution in [0, 0.1) is 13.8 Å². The molecule has 0 spiro atoms. The second-order valence-corrected chi connectivity index (χ2v) is 6.20. The predicted octanol–water partition coefficient (Wildman–Crippen LogP) is 4.83. The van der Waals surface area contributed by atoms with Gasteiger partial charge in [0.1, 0.15) is 0 Å². The van der Waals surface area contributed by atoms with E-state index in [2.05, 4.69) is 37.5 Å². The standard InChI is InChI=1S/C19H18N2/c1-11-7-14(8-11)17-13(3)10-21-19-15-5-4-6-20-18(15)12(2)9-16(17)19/h4-6,9-10,14H,1,7-8H2,2-3H3. The molecule has 0 radical (unpaired) electrons. The molecule has 0 N–H and O–H groups in total. The van der Waals surface area contributed by atoms with Gasteiger partial charge in [0.25, 0.3) is 0 Å². The van der Waals surface area contributed by atoms with E-state index in [4.69, 9.17) is 4.98 Å². The topological polar surface area (TPSA) is 25.8 Å². The SMILES string of the molecule is C=C1CC(c2c(C)cnc3c2cc(C)c2ncccc23)C1. The molecule has 0 bridgehead atoms. The number of fused-ring (bicyclic) bond motifs is 3. The van der Waals surface area contributed by atoms with Crippen molar-refractivity contribution >= 4 is 21.8 Å². The van der Waals surface area contributed by atoms with Gasteiger partial charge in [-0.25, -0.2) is 0 Å². The van der Waals surface area contributed by atoms with Crippen molar-refractivity contribution in [2.75, 3.05) is 0 Å². The number of nitrogens with zero attached hydrogens (tertiary/aromatic N) is 2. The minimum atomic E-state index is 0.608. The third-order valence-electron chi connectivity index (χ3n) is 4.63. The van der Waals surface area contributed by atoms with Crippen LogP contribution in [0.4, 0.5) is 0 Å². The van der Waals surface area contributed by atoms with Gasteiger partial charge in [-0.3, -0.25) is 9.97 Å². The molecule has 0 atom stereocenters. The normalized spacial score (nSPS) is 15.6. The van der Waals surface area contributed by atoms with Crippen LogP contribution in [0.2, 0.25) is 0 Å². The summed E-state index contributed by atoms with van der Waals surface area (Å²) in [6, 6.07) is 6.39. The first kappa shape index (κ1) is 12.5. The fraction of sp³-hybridized carbons (Fsp3) is 0.263. The van der Waals surface area contributed by atoms with Crippen molar-refractivity contribution in [3.63, 3.8) is 0 Å². The average Bonchev–Trinajstić information content (AvgIpc) is 2.45. The first-order valence-corrected chi connectivity index (χ1v) is 7.45. The largest absolute Gasteiger partial charge is 0.256 e. The molecule has 0 unspecified atom stereocenters. The Morgan fingerprint density at radius 2 is 1.86 bits per heavy atom. The summed E-state index contributed by atoms with van der Waals surface area (Å²) in [4.78, 5) is 9.23. The third kappa shape index (κ3) is 1.79. The van der Waals surface area contributed by atoms with Crippen molar-refractivity contribution in [3.05, 3.63) is 59.4 Å². The highest BCUT2D eigenvalue weighted by Crippen LogP contribution is 2.44. The van der Waals surface area contributed by atoms with Crippen LogP contribution >= 0.6 is 0 Å². The number of aryl methyl sites for hydroxylation is 2. The van der Waals surface area contributed by atoms with Crippen molar-refractivity contribution in [1.29, 1.82) is 0 Å². The lowest BCUT2D eigenvalue weighted by Gasteiger charge is -2.31. The number of allylic oxidation sites excluding steroid dienone is 1. The van der Waals surface area contributed by atoms with Crippen LogP contribution in [-0.4, -0.2) is 9.97 Å². The molecule has 1 aromatic carbocycles. The Hall–Kier alpha value is -2.22. The Bertz CT molecular complexity index is 885. The van der Waals surface area contributed by atoms with Crippen LogP contribution in [0.15, 0.2) is 42.7 Å². The van der Waals surface area contributed by atoms with Crippen LogP contribution in [0.5, 0.6) is 0 Å². The molecule has 2 heterocycles. The highest BCUT2D eigenvalue weighted by Gasteiger charge is 2.27. The monoisotopic (exact) mass is 274 g/mol. The lowest BCUT2D eigenvalue weighted by atomic mass is 9.74. The fourth-order valence-corrected chi connectivity index (χ4v) is 3.58. The molecular weight excluding hydrogens is 256 g/mol. The summed E-state index contributed by atoms with van der Waals surface area (Å²) in [5.74, 6) is 0.608. The van der Waals surface area contributed by atoms with Crippen molar-refractivity contribution in [2.45, 2.75) is 32.6 Å². The van der Waals surface area contributed by atoms with Crippen molar-refractivity contribution in [2.24, 2.45) is 0 Å². The van der Waals surface area contributed by atoms with Gasteiger partial charge in [0.15, 0.2) is 0 Å². The second-order valence-electron chi connectivity index (χ2n) is 6.20. The van der Waals surface area contributed by atoms with E-state index in [-0.39, 0.29) is 0 Å². The van der Waals surface area contributed by atoms with Crippen molar-refractivity contribution in [1.82, 2.24) is 9.97 Å².